The lowest BCUT2D eigenvalue weighted by Gasteiger charge is -2.02. The number of nitrogens with one attached hydrogen (secondary N) is 1. The summed E-state index contributed by atoms with van der Waals surface area (Å²) < 4.78 is 1.21. The quantitative estimate of drug-likeness (QED) is 0.657. The summed E-state index contributed by atoms with van der Waals surface area (Å²) in [5, 5.41) is 10.1. The number of aromatic nitrogens is 1. The third-order valence-corrected chi connectivity index (χ3v) is 3.92. The SMILES string of the molecule is N#Cc1ccc2[nH]cc(-c3ccccc3I)c2c1. The van der Waals surface area contributed by atoms with Crippen LogP contribution >= 0.6 is 22.6 Å². The maximum Gasteiger partial charge on any atom is 0.0991 e. The van der Waals surface area contributed by atoms with Gasteiger partial charge < -0.3 is 4.98 Å². The highest BCUT2D eigenvalue weighted by Gasteiger charge is 2.09. The Morgan fingerprint density at radius 2 is 1.89 bits per heavy atom. The number of hydrogen-bond acceptors (Lipinski definition) is 1. The minimum absolute atomic E-state index is 0.689. The summed E-state index contributed by atoms with van der Waals surface area (Å²) in [4.78, 5) is 3.25. The summed E-state index contributed by atoms with van der Waals surface area (Å²) in [6, 6.07) is 16.2. The van der Waals surface area contributed by atoms with Gasteiger partial charge in [0.15, 0.2) is 0 Å². The fourth-order valence-corrected chi connectivity index (χ4v) is 2.77. The van der Waals surface area contributed by atoms with Gasteiger partial charge in [0.1, 0.15) is 0 Å². The zero-order valence-corrected chi connectivity index (χ0v) is 11.6. The van der Waals surface area contributed by atoms with Crippen LogP contribution in [0.15, 0.2) is 48.7 Å². The Morgan fingerprint density at radius 3 is 2.67 bits per heavy atom. The lowest BCUT2D eigenvalue weighted by Crippen LogP contribution is -1.81. The van der Waals surface area contributed by atoms with Crippen molar-refractivity contribution in [2.24, 2.45) is 0 Å². The Hall–Kier alpha value is -1.80. The Balaban J connectivity index is 2.31. The highest BCUT2D eigenvalue weighted by atomic mass is 127. The molecule has 0 aliphatic rings. The van der Waals surface area contributed by atoms with E-state index in [9.17, 15) is 0 Å². The van der Waals surface area contributed by atoms with E-state index in [0.717, 1.165) is 16.5 Å². The number of aromatic amines is 1. The van der Waals surface area contributed by atoms with Crippen LogP contribution in [-0.4, -0.2) is 4.98 Å². The Kier molecular flexibility index (Phi) is 2.80. The van der Waals surface area contributed by atoms with Crippen molar-refractivity contribution in [2.45, 2.75) is 0 Å². The van der Waals surface area contributed by atoms with Crippen molar-refractivity contribution in [2.75, 3.05) is 0 Å². The van der Waals surface area contributed by atoms with Crippen molar-refractivity contribution in [1.29, 1.82) is 5.26 Å². The van der Waals surface area contributed by atoms with Crippen molar-refractivity contribution >= 4 is 33.5 Å². The molecule has 0 saturated carbocycles. The molecular weight excluding hydrogens is 335 g/mol. The number of nitriles is 1. The molecule has 86 valence electrons. The molecule has 3 heteroatoms. The second-order valence-electron chi connectivity index (χ2n) is 4.05. The molecule has 2 aromatic carbocycles. The largest absolute Gasteiger partial charge is 0.361 e. The van der Waals surface area contributed by atoms with Gasteiger partial charge in [-0.3, -0.25) is 0 Å². The van der Waals surface area contributed by atoms with Crippen LogP contribution in [0.1, 0.15) is 5.56 Å². The van der Waals surface area contributed by atoms with Crippen LogP contribution in [0, 0.1) is 14.9 Å². The van der Waals surface area contributed by atoms with Crippen molar-refractivity contribution in [3.05, 3.63) is 57.8 Å². The van der Waals surface area contributed by atoms with Crippen molar-refractivity contribution in [3.8, 4) is 17.2 Å². The molecule has 0 aliphatic heterocycles. The van der Waals surface area contributed by atoms with E-state index in [4.69, 9.17) is 5.26 Å². The van der Waals surface area contributed by atoms with Gasteiger partial charge >= 0.3 is 0 Å². The molecule has 0 bridgehead atoms. The fourth-order valence-electron chi connectivity index (χ4n) is 2.09. The number of halogens is 1. The van der Waals surface area contributed by atoms with Gasteiger partial charge in [-0.25, -0.2) is 0 Å². The zero-order chi connectivity index (χ0) is 12.5. The number of benzene rings is 2. The monoisotopic (exact) mass is 344 g/mol. The van der Waals surface area contributed by atoms with Gasteiger partial charge in [0.2, 0.25) is 0 Å². The van der Waals surface area contributed by atoms with E-state index in [2.05, 4.69) is 45.8 Å². The van der Waals surface area contributed by atoms with Crippen LogP contribution in [0.4, 0.5) is 0 Å². The molecular formula is C15H9IN2. The molecule has 0 amide bonds. The maximum atomic E-state index is 8.99. The first kappa shape index (κ1) is 11.3. The molecule has 1 heterocycles. The molecule has 0 spiro atoms. The molecule has 0 saturated heterocycles. The van der Waals surface area contributed by atoms with Gasteiger partial charge in [-0.15, -0.1) is 0 Å². The Morgan fingerprint density at radius 1 is 1.06 bits per heavy atom. The predicted molar refractivity (Wildman–Crippen MR) is 81.2 cm³/mol. The molecule has 0 fully saturated rings. The highest BCUT2D eigenvalue weighted by Crippen LogP contribution is 2.32. The fraction of sp³-hybridized carbons (Fsp3) is 0. The van der Waals surface area contributed by atoms with Crippen LogP contribution in [0.3, 0.4) is 0 Å². The third kappa shape index (κ3) is 1.79. The van der Waals surface area contributed by atoms with Crippen molar-refractivity contribution in [3.63, 3.8) is 0 Å². The van der Waals surface area contributed by atoms with Gasteiger partial charge in [0.05, 0.1) is 11.6 Å². The molecule has 1 aromatic heterocycles. The number of nitrogens with zero attached hydrogens (tertiary/aromatic N) is 1. The average molecular weight is 344 g/mol. The average Bonchev–Trinajstić information content (AvgIpc) is 2.82. The molecule has 3 aromatic rings. The van der Waals surface area contributed by atoms with E-state index < -0.39 is 0 Å². The first-order valence-corrected chi connectivity index (χ1v) is 6.63. The molecule has 0 unspecified atom stereocenters. The topological polar surface area (TPSA) is 39.6 Å². The second-order valence-corrected chi connectivity index (χ2v) is 5.22. The molecule has 2 nitrogen and oxygen atoms in total. The van der Waals surface area contributed by atoms with Crippen LogP contribution < -0.4 is 0 Å². The van der Waals surface area contributed by atoms with E-state index >= 15 is 0 Å². The Labute approximate surface area is 118 Å². The lowest BCUT2D eigenvalue weighted by atomic mass is 10.0. The summed E-state index contributed by atoms with van der Waals surface area (Å²) in [5.41, 5.74) is 4.09. The minimum atomic E-state index is 0.689. The van der Waals surface area contributed by atoms with Crippen LogP contribution in [0.2, 0.25) is 0 Å². The smallest absolute Gasteiger partial charge is 0.0991 e. The second kappa shape index (κ2) is 4.46. The predicted octanol–water partition coefficient (Wildman–Crippen LogP) is 4.31. The highest BCUT2D eigenvalue weighted by molar-refractivity contribution is 14.1. The van der Waals surface area contributed by atoms with E-state index in [1.165, 1.54) is 9.13 Å². The molecule has 0 radical (unpaired) electrons. The van der Waals surface area contributed by atoms with E-state index in [1.807, 2.05) is 36.5 Å². The number of rotatable bonds is 1. The van der Waals surface area contributed by atoms with E-state index in [0.29, 0.717) is 5.56 Å². The molecule has 18 heavy (non-hydrogen) atoms. The standard InChI is InChI=1S/C15H9IN2/c16-14-4-2-1-3-11(14)13-9-18-15-6-5-10(8-17)7-12(13)15/h1-7,9,18H. The summed E-state index contributed by atoms with van der Waals surface area (Å²) in [6.45, 7) is 0. The summed E-state index contributed by atoms with van der Waals surface area (Å²) in [7, 11) is 0. The van der Waals surface area contributed by atoms with Crippen LogP contribution in [0.5, 0.6) is 0 Å². The minimum Gasteiger partial charge on any atom is -0.361 e. The lowest BCUT2D eigenvalue weighted by molar-refractivity contribution is 1.46. The number of fused-ring (bicyclic) bond motifs is 1. The molecule has 0 atom stereocenters. The molecule has 0 aliphatic carbocycles. The maximum absolute atomic E-state index is 8.99. The summed E-state index contributed by atoms with van der Waals surface area (Å²) in [6.07, 6.45) is 2.00. The van der Waals surface area contributed by atoms with Crippen LogP contribution in [-0.2, 0) is 0 Å². The normalized spacial score (nSPS) is 10.4. The number of hydrogen-bond donors (Lipinski definition) is 1. The molecule has 1 N–H and O–H groups in total. The third-order valence-electron chi connectivity index (χ3n) is 2.97. The van der Waals surface area contributed by atoms with Crippen molar-refractivity contribution in [1.82, 2.24) is 4.98 Å². The first-order chi connectivity index (χ1) is 8.79. The van der Waals surface area contributed by atoms with E-state index in [-0.39, 0.29) is 0 Å². The van der Waals surface area contributed by atoms with Crippen molar-refractivity contribution < 1.29 is 0 Å². The zero-order valence-electron chi connectivity index (χ0n) is 9.44. The van der Waals surface area contributed by atoms with Crippen LogP contribution in [0.25, 0.3) is 22.0 Å². The van der Waals surface area contributed by atoms with Gasteiger partial charge in [-0.05, 0) is 52.4 Å². The number of H-pyrrole nitrogens is 1. The van der Waals surface area contributed by atoms with Gasteiger partial charge in [0, 0.05) is 26.2 Å². The van der Waals surface area contributed by atoms with Gasteiger partial charge in [-0.2, -0.15) is 5.26 Å². The molecule has 3 rings (SSSR count). The summed E-state index contributed by atoms with van der Waals surface area (Å²) >= 11 is 2.33. The van der Waals surface area contributed by atoms with Gasteiger partial charge in [-0.1, -0.05) is 18.2 Å². The Bertz CT molecular complexity index is 766. The van der Waals surface area contributed by atoms with Gasteiger partial charge in [0.25, 0.3) is 0 Å². The summed E-state index contributed by atoms with van der Waals surface area (Å²) in [5.74, 6) is 0. The van der Waals surface area contributed by atoms with E-state index in [1.54, 1.807) is 0 Å². The first-order valence-electron chi connectivity index (χ1n) is 5.56.